The van der Waals surface area contributed by atoms with Gasteiger partial charge < -0.3 is 0 Å². The molecule has 0 unspecified atom stereocenters. The number of halogens is 2. The zero-order chi connectivity index (χ0) is 10.8. The van der Waals surface area contributed by atoms with Crippen molar-refractivity contribution in [1.29, 1.82) is 0 Å². The second kappa shape index (κ2) is 4.38. The van der Waals surface area contributed by atoms with Crippen LogP contribution in [0, 0.1) is 16.8 Å². The van der Waals surface area contributed by atoms with Gasteiger partial charge >= 0.3 is 0 Å². The van der Waals surface area contributed by atoms with Gasteiger partial charge in [0.2, 0.25) is 0 Å². The topological polar surface area (TPSA) is 0 Å². The Morgan fingerprint density at radius 3 is 2.57 bits per heavy atom. The van der Waals surface area contributed by atoms with E-state index in [0.717, 1.165) is 11.1 Å². The van der Waals surface area contributed by atoms with Crippen molar-refractivity contribution in [3.63, 3.8) is 0 Å². The average Bonchev–Trinajstić information content (AvgIpc) is 2.07. The molecule has 0 amide bonds. The van der Waals surface area contributed by atoms with Gasteiger partial charge in [-0.2, -0.15) is 0 Å². The zero-order valence-electron chi connectivity index (χ0n) is 8.41. The summed E-state index contributed by atoms with van der Waals surface area (Å²) in [6, 6.07) is 6.81. The van der Waals surface area contributed by atoms with Crippen LogP contribution in [0.1, 0.15) is 31.9 Å². The van der Waals surface area contributed by atoms with E-state index in [1.54, 1.807) is 6.07 Å². The molecule has 73 valence electrons. The van der Waals surface area contributed by atoms with Gasteiger partial charge in [0.05, 0.1) is 5.02 Å². The molecule has 0 atom stereocenters. The lowest BCUT2D eigenvalue weighted by Crippen LogP contribution is -2.12. The minimum atomic E-state index is 0.0254. The highest BCUT2D eigenvalue weighted by molar-refractivity contribution is 9.12. The summed E-state index contributed by atoms with van der Waals surface area (Å²) in [6.07, 6.45) is 0. The maximum absolute atomic E-state index is 6.07. The number of benzene rings is 1. The molecule has 0 aliphatic carbocycles. The van der Waals surface area contributed by atoms with Crippen molar-refractivity contribution in [3.8, 4) is 10.8 Å². The summed E-state index contributed by atoms with van der Waals surface area (Å²) in [5.74, 6) is 2.92. The van der Waals surface area contributed by atoms with Crippen molar-refractivity contribution >= 4 is 27.5 Å². The summed E-state index contributed by atoms with van der Waals surface area (Å²) >= 11 is 9.14. The minimum Gasteiger partial charge on any atom is -0.0833 e. The Balaban J connectivity index is 3.26. The number of hydrogen-bond donors (Lipinski definition) is 0. The lowest BCUT2D eigenvalue weighted by atomic mass is 9.86. The predicted octanol–water partition coefficient (Wildman–Crippen LogP) is 4.14. The lowest BCUT2D eigenvalue weighted by Gasteiger charge is -2.20. The summed E-state index contributed by atoms with van der Waals surface area (Å²) in [4.78, 5) is 2.68. The van der Waals surface area contributed by atoms with Crippen molar-refractivity contribution in [2.24, 2.45) is 0 Å². The summed E-state index contributed by atoms with van der Waals surface area (Å²) in [7, 11) is 0. The van der Waals surface area contributed by atoms with E-state index >= 15 is 0 Å². The molecule has 14 heavy (non-hydrogen) atoms. The second-order valence-electron chi connectivity index (χ2n) is 4.09. The van der Waals surface area contributed by atoms with Crippen molar-refractivity contribution in [2.45, 2.75) is 26.2 Å². The summed E-state index contributed by atoms with van der Waals surface area (Å²) in [5.41, 5.74) is 2.03. The molecule has 0 saturated heterocycles. The quantitative estimate of drug-likeness (QED) is 0.622. The Hall–Kier alpha value is -0.450. The van der Waals surface area contributed by atoms with E-state index in [2.05, 4.69) is 53.5 Å². The van der Waals surface area contributed by atoms with Crippen LogP contribution in [0.4, 0.5) is 0 Å². The third-order valence-corrected chi connectivity index (χ3v) is 2.40. The molecule has 0 bridgehead atoms. The first-order valence-corrected chi connectivity index (χ1v) is 5.45. The van der Waals surface area contributed by atoms with Gasteiger partial charge in [0.25, 0.3) is 0 Å². The van der Waals surface area contributed by atoms with Crippen LogP contribution in [0.5, 0.6) is 0 Å². The van der Waals surface area contributed by atoms with Crippen LogP contribution in [0.15, 0.2) is 12.1 Å². The SMILES string of the molecule is CC(C)(C)c1cc(C#CBr)c[c]c1Cl. The molecule has 1 aromatic rings. The first-order valence-electron chi connectivity index (χ1n) is 4.28. The van der Waals surface area contributed by atoms with Crippen LogP contribution in [0.25, 0.3) is 0 Å². The van der Waals surface area contributed by atoms with Crippen LogP contribution < -0.4 is 0 Å². The Bertz CT molecular complexity index is 391. The Morgan fingerprint density at radius 1 is 1.43 bits per heavy atom. The van der Waals surface area contributed by atoms with Gasteiger partial charge in [0.15, 0.2) is 0 Å². The smallest absolute Gasteiger partial charge is 0.0523 e. The molecule has 0 fully saturated rings. The molecule has 1 radical (unpaired) electrons. The summed E-state index contributed by atoms with van der Waals surface area (Å²) in [5, 5.41) is 0.678. The van der Waals surface area contributed by atoms with Gasteiger partial charge in [0, 0.05) is 27.6 Å². The summed E-state index contributed by atoms with van der Waals surface area (Å²) in [6.45, 7) is 6.36. The molecule has 0 saturated carbocycles. The Kier molecular flexibility index (Phi) is 3.64. The van der Waals surface area contributed by atoms with Crippen molar-refractivity contribution < 1.29 is 0 Å². The first kappa shape index (κ1) is 11.6. The molecule has 0 aliphatic heterocycles. The zero-order valence-corrected chi connectivity index (χ0v) is 10.8. The molecular weight excluding hydrogens is 259 g/mol. The fraction of sp³-hybridized carbons (Fsp3) is 0.333. The van der Waals surface area contributed by atoms with Gasteiger partial charge in [-0.05, 0) is 27.9 Å². The van der Waals surface area contributed by atoms with Gasteiger partial charge in [0.1, 0.15) is 0 Å². The monoisotopic (exact) mass is 269 g/mol. The van der Waals surface area contributed by atoms with Crippen LogP contribution in [0.3, 0.4) is 0 Å². The summed E-state index contributed by atoms with van der Waals surface area (Å²) < 4.78 is 0. The Morgan fingerprint density at radius 2 is 2.07 bits per heavy atom. The van der Waals surface area contributed by atoms with Crippen molar-refractivity contribution in [3.05, 3.63) is 34.3 Å². The van der Waals surface area contributed by atoms with E-state index < -0.39 is 0 Å². The van der Waals surface area contributed by atoms with Gasteiger partial charge in [-0.3, -0.25) is 0 Å². The van der Waals surface area contributed by atoms with Crippen LogP contribution >= 0.6 is 27.5 Å². The van der Waals surface area contributed by atoms with Crippen LogP contribution in [-0.2, 0) is 5.41 Å². The van der Waals surface area contributed by atoms with E-state index in [-0.39, 0.29) is 5.41 Å². The highest BCUT2D eigenvalue weighted by atomic mass is 79.9. The number of hydrogen-bond acceptors (Lipinski definition) is 0. The molecule has 1 aromatic carbocycles. The number of rotatable bonds is 0. The predicted molar refractivity (Wildman–Crippen MR) is 64.8 cm³/mol. The normalized spacial score (nSPS) is 10.6. The maximum atomic E-state index is 6.07. The van der Waals surface area contributed by atoms with Gasteiger partial charge in [-0.25, -0.2) is 0 Å². The molecule has 0 heterocycles. The third-order valence-electron chi connectivity index (χ3n) is 1.89. The minimum absolute atomic E-state index is 0.0254. The van der Waals surface area contributed by atoms with Crippen molar-refractivity contribution in [2.75, 3.05) is 0 Å². The van der Waals surface area contributed by atoms with Crippen molar-refractivity contribution in [1.82, 2.24) is 0 Å². The van der Waals surface area contributed by atoms with E-state index in [1.165, 1.54) is 0 Å². The van der Waals surface area contributed by atoms with Crippen LogP contribution in [-0.4, -0.2) is 0 Å². The lowest BCUT2D eigenvalue weighted by molar-refractivity contribution is 0.590. The fourth-order valence-electron chi connectivity index (χ4n) is 1.15. The van der Waals surface area contributed by atoms with E-state index in [9.17, 15) is 0 Å². The molecule has 1 rings (SSSR count). The van der Waals surface area contributed by atoms with Gasteiger partial charge in [-0.15, -0.1) is 0 Å². The maximum Gasteiger partial charge on any atom is 0.0523 e. The third kappa shape index (κ3) is 2.77. The highest BCUT2D eigenvalue weighted by Gasteiger charge is 2.17. The molecule has 0 N–H and O–H groups in total. The molecule has 0 aromatic heterocycles. The molecule has 0 aliphatic rings. The second-order valence-corrected chi connectivity index (χ2v) is 4.86. The standard InChI is InChI=1S/C12H11BrCl/c1-12(2,3)10-8-9(6-7-13)4-5-11(10)14/h4,8H,1-3H3. The van der Waals surface area contributed by atoms with Gasteiger partial charge in [-0.1, -0.05) is 38.3 Å². The average molecular weight is 271 g/mol. The molecule has 0 spiro atoms. The molecular formula is C12H11BrCl. The molecule has 2 heteroatoms. The first-order chi connectivity index (χ1) is 6.45. The largest absolute Gasteiger partial charge is 0.0833 e. The van der Waals surface area contributed by atoms with E-state index in [0.29, 0.717) is 5.02 Å². The fourth-order valence-corrected chi connectivity index (χ4v) is 1.77. The van der Waals surface area contributed by atoms with Crippen LogP contribution in [0.2, 0.25) is 5.02 Å². The Labute approximate surface area is 98.8 Å². The van der Waals surface area contributed by atoms with E-state index in [1.807, 2.05) is 6.07 Å². The highest BCUT2D eigenvalue weighted by Crippen LogP contribution is 2.29. The van der Waals surface area contributed by atoms with E-state index in [4.69, 9.17) is 11.6 Å². The molecule has 0 nitrogen and oxygen atoms in total.